The van der Waals surface area contributed by atoms with Crippen LogP contribution in [0.3, 0.4) is 0 Å². The van der Waals surface area contributed by atoms with E-state index in [9.17, 15) is 14.4 Å². The summed E-state index contributed by atoms with van der Waals surface area (Å²) in [6.07, 6.45) is 0.634. The molecule has 0 aliphatic heterocycles. The summed E-state index contributed by atoms with van der Waals surface area (Å²) in [5.41, 5.74) is 1.21. The van der Waals surface area contributed by atoms with E-state index in [1.54, 1.807) is 6.92 Å². The van der Waals surface area contributed by atoms with Crippen molar-refractivity contribution in [2.24, 2.45) is 0 Å². The van der Waals surface area contributed by atoms with E-state index in [-0.39, 0.29) is 38.6 Å². The fourth-order valence-corrected chi connectivity index (χ4v) is 2.54. The second-order valence-electron chi connectivity index (χ2n) is 6.28. The van der Waals surface area contributed by atoms with Crippen molar-refractivity contribution in [1.82, 2.24) is 0 Å². The van der Waals surface area contributed by atoms with Gasteiger partial charge < -0.3 is 14.2 Å². The van der Waals surface area contributed by atoms with E-state index in [1.807, 2.05) is 42.5 Å². The van der Waals surface area contributed by atoms with Crippen molar-refractivity contribution < 1.29 is 28.6 Å². The highest BCUT2D eigenvalue weighted by Crippen LogP contribution is 2.19. The van der Waals surface area contributed by atoms with Gasteiger partial charge >= 0.3 is 17.9 Å². The van der Waals surface area contributed by atoms with Gasteiger partial charge in [0.15, 0.2) is 0 Å². The van der Waals surface area contributed by atoms with Gasteiger partial charge in [0, 0.05) is 12.0 Å². The molecule has 0 bridgehead atoms. The van der Waals surface area contributed by atoms with Crippen LogP contribution >= 0.6 is 0 Å². The lowest BCUT2D eigenvalue weighted by Gasteiger charge is -2.08. The van der Waals surface area contributed by atoms with Crippen LogP contribution in [-0.2, 0) is 35.0 Å². The molecular formula is C22H24O6. The third-order valence-corrected chi connectivity index (χ3v) is 3.93. The Labute approximate surface area is 164 Å². The Morgan fingerprint density at radius 1 is 0.857 bits per heavy atom. The molecular weight excluding hydrogens is 360 g/mol. The van der Waals surface area contributed by atoms with Gasteiger partial charge in [-0.25, -0.2) is 4.79 Å². The SMILES string of the molecule is C=C(C)C(=O)OCCCC(=O)OCCOC(=O)Cc1cccc2ccccc12. The first kappa shape index (κ1) is 21.2. The third kappa shape index (κ3) is 6.87. The Kier molecular flexibility index (Phi) is 8.21. The lowest BCUT2D eigenvalue weighted by Crippen LogP contribution is -2.15. The molecule has 148 valence electrons. The zero-order valence-corrected chi connectivity index (χ0v) is 15.9. The molecule has 0 atom stereocenters. The van der Waals surface area contributed by atoms with E-state index in [0.29, 0.717) is 12.0 Å². The Morgan fingerprint density at radius 3 is 2.29 bits per heavy atom. The maximum absolute atomic E-state index is 12.0. The van der Waals surface area contributed by atoms with Gasteiger partial charge in [0.05, 0.1) is 13.0 Å². The summed E-state index contributed by atoms with van der Waals surface area (Å²) in [5.74, 6) is -1.29. The molecule has 0 amide bonds. The van der Waals surface area contributed by atoms with Crippen LogP contribution in [-0.4, -0.2) is 37.7 Å². The third-order valence-electron chi connectivity index (χ3n) is 3.93. The number of carbonyl (C=O) groups is 3. The highest BCUT2D eigenvalue weighted by Gasteiger charge is 2.09. The zero-order chi connectivity index (χ0) is 20.4. The van der Waals surface area contributed by atoms with Crippen LogP contribution in [0.15, 0.2) is 54.6 Å². The molecule has 0 fully saturated rings. The van der Waals surface area contributed by atoms with E-state index in [1.165, 1.54) is 0 Å². The fourth-order valence-electron chi connectivity index (χ4n) is 2.54. The van der Waals surface area contributed by atoms with Crippen LogP contribution in [0, 0.1) is 0 Å². The molecule has 0 N–H and O–H groups in total. The molecule has 0 aromatic heterocycles. The monoisotopic (exact) mass is 384 g/mol. The maximum atomic E-state index is 12.0. The van der Waals surface area contributed by atoms with Gasteiger partial charge in [-0.1, -0.05) is 49.0 Å². The number of carbonyl (C=O) groups excluding carboxylic acids is 3. The van der Waals surface area contributed by atoms with Crippen molar-refractivity contribution in [2.75, 3.05) is 19.8 Å². The second-order valence-corrected chi connectivity index (χ2v) is 6.28. The van der Waals surface area contributed by atoms with Crippen molar-refractivity contribution in [1.29, 1.82) is 0 Å². The summed E-state index contributed by atoms with van der Waals surface area (Å²) >= 11 is 0. The van der Waals surface area contributed by atoms with Crippen LogP contribution < -0.4 is 0 Å². The van der Waals surface area contributed by atoms with Gasteiger partial charge in [-0.2, -0.15) is 0 Å². The smallest absolute Gasteiger partial charge is 0.333 e. The van der Waals surface area contributed by atoms with Gasteiger partial charge in [0.1, 0.15) is 13.2 Å². The maximum Gasteiger partial charge on any atom is 0.333 e. The van der Waals surface area contributed by atoms with Gasteiger partial charge in [-0.3, -0.25) is 9.59 Å². The quantitative estimate of drug-likeness (QED) is 0.270. The summed E-state index contributed by atoms with van der Waals surface area (Å²) in [6, 6.07) is 13.6. The predicted molar refractivity (Wildman–Crippen MR) is 105 cm³/mol. The minimum absolute atomic E-state index is 0.0000157. The molecule has 2 rings (SSSR count). The number of hydrogen-bond donors (Lipinski definition) is 0. The predicted octanol–water partition coefficient (Wildman–Crippen LogP) is 3.37. The number of hydrogen-bond acceptors (Lipinski definition) is 6. The summed E-state index contributed by atoms with van der Waals surface area (Å²) in [6.45, 7) is 5.14. The minimum Gasteiger partial charge on any atom is -0.462 e. The molecule has 0 aliphatic rings. The van der Waals surface area contributed by atoms with Crippen LogP contribution in [0.25, 0.3) is 10.8 Å². The molecule has 2 aromatic carbocycles. The lowest BCUT2D eigenvalue weighted by atomic mass is 10.0. The van der Waals surface area contributed by atoms with E-state index in [4.69, 9.17) is 14.2 Å². The van der Waals surface area contributed by atoms with Gasteiger partial charge in [-0.05, 0) is 29.7 Å². The minimum atomic E-state index is -0.480. The molecule has 0 saturated carbocycles. The molecule has 2 aromatic rings. The summed E-state index contributed by atoms with van der Waals surface area (Å²) in [5, 5.41) is 2.08. The molecule has 0 aliphatic carbocycles. The van der Waals surface area contributed by atoms with E-state index >= 15 is 0 Å². The fraction of sp³-hybridized carbons (Fsp3) is 0.318. The number of ether oxygens (including phenoxy) is 3. The number of esters is 3. The summed E-state index contributed by atoms with van der Waals surface area (Å²) < 4.78 is 15.0. The van der Waals surface area contributed by atoms with Crippen molar-refractivity contribution in [3.8, 4) is 0 Å². The van der Waals surface area contributed by atoms with Gasteiger partial charge in [0.25, 0.3) is 0 Å². The average Bonchev–Trinajstić information content (AvgIpc) is 2.68. The molecule has 0 heterocycles. The first-order chi connectivity index (χ1) is 13.5. The van der Waals surface area contributed by atoms with Crippen LogP contribution in [0.5, 0.6) is 0 Å². The topological polar surface area (TPSA) is 78.9 Å². The molecule has 0 saturated heterocycles. The van der Waals surface area contributed by atoms with Gasteiger partial charge in [-0.15, -0.1) is 0 Å². The van der Waals surface area contributed by atoms with Crippen LogP contribution in [0.1, 0.15) is 25.3 Å². The van der Waals surface area contributed by atoms with E-state index in [0.717, 1.165) is 16.3 Å². The van der Waals surface area contributed by atoms with Gasteiger partial charge in [0.2, 0.25) is 0 Å². The number of benzene rings is 2. The highest BCUT2D eigenvalue weighted by atomic mass is 16.6. The number of fused-ring (bicyclic) bond motifs is 1. The number of rotatable bonds is 10. The molecule has 6 heteroatoms. The molecule has 28 heavy (non-hydrogen) atoms. The first-order valence-corrected chi connectivity index (χ1v) is 9.08. The van der Waals surface area contributed by atoms with E-state index < -0.39 is 11.9 Å². The molecule has 6 nitrogen and oxygen atoms in total. The Morgan fingerprint density at radius 2 is 1.54 bits per heavy atom. The Hall–Kier alpha value is -3.15. The summed E-state index contributed by atoms with van der Waals surface area (Å²) in [4.78, 5) is 34.8. The lowest BCUT2D eigenvalue weighted by molar-refractivity contribution is -0.152. The van der Waals surface area contributed by atoms with Crippen LogP contribution in [0.2, 0.25) is 0 Å². The Balaban J connectivity index is 1.62. The molecule has 0 radical (unpaired) electrons. The first-order valence-electron chi connectivity index (χ1n) is 9.08. The standard InChI is InChI=1S/C22H24O6/c1-16(2)22(25)28-12-6-11-20(23)26-13-14-27-21(24)15-18-9-5-8-17-7-3-4-10-19(17)18/h3-5,7-10H,1,6,11-15H2,2H3. The van der Waals surface area contributed by atoms with E-state index in [2.05, 4.69) is 6.58 Å². The normalized spacial score (nSPS) is 10.3. The molecule has 0 spiro atoms. The zero-order valence-electron chi connectivity index (χ0n) is 15.9. The highest BCUT2D eigenvalue weighted by molar-refractivity contribution is 5.89. The van der Waals surface area contributed by atoms with Crippen molar-refractivity contribution in [3.05, 3.63) is 60.2 Å². The molecule has 0 unspecified atom stereocenters. The van der Waals surface area contributed by atoms with Crippen molar-refractivity contribution in [2.45, 2.75) is 26.2 Å². The van der Waals surface area contributed by atoms with Crippen molar-refractivity contribution in [3.63, 3.8) is 0 Å². The second kappa shape index (κ2) is 10.9. The summed E-state index contributed by atoms with van der Waals surface area (Å²) in [7, 11) is 0. The van der Waals surface area contributed by atoms with Crippen molar-refractivity contribution >= 4 is 28.7 Å². The largest absolute Gasteiger partial charge is 0.462 e. The average molecular weight is 384 g/mol. The van der Waals surface area contributed by atoms with Crippen LogP contribution in [0.4, 0.5) is 0 Å². The Bertz CT molecular complexity index is 850.